The van der Waals surface area contributed by atoms with Crippen molar-refractivity contribution in [2.75, 3.05) is 0 Å². The van der Waals surface area contributed by atoms with Crippen LogP contribution >= 0.6 is 0 Å². The van der Waals surface area contributed by atoms with Crippen LogP contribution in [-0.4, -0.2) is 8.07 Å². The average Bonchev–Trinajstić information content (AvgIpc) is 3.00. The van der Waals surface area contributed by atoms with E-state index in [0.717, 1.165) is 12.5 Å². The molecule has 1 heteroatoms. The van der Waals surface area contributed by atoms with E-state index in [1.165, 1.54) is 33.4 Å². The van der Waals surface area contributed by atoms with Crippen LogP contribution in [0.15, 0.2) is 72.8 Å². The normalized spacial score (nSPS) is 12.1. The average molecular weight is 339 g/mol. The van der Waals surface area contributed by atoms with Crippen LogP contribution < -0.4 is 0 Å². The lowest BCUT2D eigenvalue weighted by molar-refractivity contribution is 1.25. The Morgan fingerprint density at radius 3 is 2.36 bits per heavy atom. The molecule has 0 amide bonds. The van der Waals surface area contributed by atoms with Crippen molar-refractivity contribution in [1.82, 2.24) is 0 Å². The zero-order valence-electron chi connectivity index (χ0n) is 14.8. The lowest BCUT2D eigenvalue weighted by atomic mass is 10.0. The first-order valence-corrected chi connectivity index (χ1v) is 12.1. The molecule has 0 fully saturated rings. The molecule has 0 spiro atoms. The Labute approximate surface area is 151 Å². The molecule has 0 aromatic heterocycles. The van der Waals surface area contributed by atoms with Crippen molar-refractivity contribution in [1.29, 1.82) is 0 Å². The third kappa shape index (κ3) is 3.31. The van der Waals surface area contributed by atoms with Crippen molar-refractivity contribution in [3.63, 3.8) is 0 Å². The monoisotopic (exact) mass is 338 g/mol. The van der Waals surface area contributed by atoms with Crippen LogP contribution in [0.2, 0.25) is 13.1 Å². The van der Waals surface area contributed by atoms with Crippen molar-refractivity contribution in [3.8, 4) is 22.6 Å². The summed E-state index contributed by atoms with van der Waals surface area (Å²) in [6, 6.07) is 27.1. The topological polar surface area (TPSA) is 0 Å². The lowest BCUT2D eigenvalue weighted by Crippen LogP contribution is -2.27. The highest BCUT2D eigenvalue weighted by Crippen LogP contribution is 2.37. The molecule has 0 N–H and O–H groups in total. The van der Waals surface area contributed by atoms with Gasteiger partial charge in [0.05, 0.1) is 0 Å². The Bertz CT molecular complexity index is 972. The molecule has 0 nitrogen and oxygen atoms in total. The van der Waals surface area contributed by atoms with E-state index >= 15 is 0 Å². The minimum Gasteiger partial charge on any atom is -0.126 e. The van der Waals surface area contributed by atoms with Gasteiger partial charge in [-0.1, -0.05) is 85.7 Å². The highest BCUT2D eigenvalue weighted by molar-refractivity contribution is 6.84. The molecule has 0 atom stereocenters. The molecule has 0 heterocycles. The molecule has 0 saturated heterocycles. The standard InChI is InChI=1S/C24H22Si/c1-25(2,18-19-9-4-3-5-10-19)16-15-20-12-8-14-23-22-13-7-6-11-21(22)17-24(20)23/h3-14H,17-18H2,1-2H3. The fourth-order valence-electron chi connectivity index (χ4n) is 3.66. The zero-order chi connectivity index (χ0) is 17.3. The van der Waals surface area contributed by atoms with E-state index in [0.29, 0.717) is 0 Å². The molecule has 4 rings (SSSR count). The Hall–Kier alpha value is -2.56. The summed E-state index contributed by atoms with van der Waals surface area (Å²) in [7, 11) is -1.60. The molecule has 122 valence electrons. The van der Waals surface area contributed by atoms with Crippen LogP contribution in [0.4, 0.5) is 0 Å². The SMILES string of the molecule is C[Si](C)(C#Cc1cccc2c1Cc1ccccc1-2)Cc1ccccc1. The molecule has 3 aromatic carbocycles. The predicted octanol–water partition coefficient (Wildman–Crippen LogP) is 5.64. The van der Waals surface area contributed by atoms with E-state index in [1.54, 1.807) is 0 Å². The van der Waals surface area contributed by atoms with Crippen molar-refractivity contribution in [3.05, 3.63) is 95.1 Å². The minimum atomic E-state index is -1.60. The van der Waals surface area contributed by atoms with Gasteiger partial charge in [-0.05, 0) is 46.3 Å². The second-order valence-corrected chi connectivity index (χ2v) is 11.8. The summed E-state index contributed by atoms with van der Waals surface area (Å²) in [6.45, 7) is 4.73. The van der Waals surface area contributed by atoms with Crippen molar-refractivity contribution < 1.29 is 0 Å². The third-order valence-corrected chi connectivity index (χ3v) is 6.97. The summed E-state index contributed by atoms with van der Waals surface area (Å²) in [5.41, 5.74) is 11.9. The Morgan fingerprint density at radius 1 is 0.800 bits per heavy atom. The summed E-state index contributed by atoms with van der Waals surface area (Å²) in [5, 5.41) is 0. The summed E-state index contributed by atoms with van der Waals surface area (Å²) >= 11 is 0. The number of fused-ring (bicyclic) bond motifs is 3. The maximum atomic E-state index is 3.67. The van der Waals surface area contributed by atoms with Gasteiger partial charge >= 0.3 is 0 Å². The minimum absolute atomic E-state index is 1.01. The first kappa shape index (κ1) is 15.9. The van der Waals surface area contributed by atoms with Gasteiger partial charge in [0.15, 0.2) is 0 Å². The van der Waals surface area contributed by atoms with E-state index < -0.39 is 8.07 Å². The molecule has 0 saturated carbocycles. The fourth-order valence-corrected chi connectivity index (χ4v) is 5.48. The summed E-state index contributed by atoms with van der Waals surface area (Å²) in [5.74, 6) is 3.55. The van der Waals surface area contributed by atoms with Crippen LogP contribution in [-0.2, 0) is 12.5 Å². The van der Waals surface area contributed by atoms with Crippen molar-refractivity contribution in [2.24, 2.45) is 0 Å². The molecule has 0 bridgehead atoms. The first-order valence-electron chi connectivity index (χ1n) is 8.90. The van der Waals surface area contributed by atoms with Gasteiger partial charge in [0.1, 0.15) is 8.07 Å². The van der Waals surface area contributed by atoms with Gasteiger partial charge in [-0.25, -0.2) is 0 Å². The zero-order valence-corrected chi connectivity index (χ0v) is 15.8. The smallest absolute Gasteiger partial charge is 0.126 e. The molecule has 3 aromatic rings. The predicted molar refractivity (Wildman–Crippen MR) is 109 cm³/mol. The first-order chi connectivity index (χ1) is 12.1. The molecule has 25 heavy (non-hydrogen) atoms. The molecule has 1 aliphatic rings. The Balaban J connectivity index is 1.64. The molecule has 0 radical (unpaired) electrons. The van der Waals surface area contributed by atoms with E-state index in [-0.39, 0.29) is 0 Å². The Morgan fingerprint density at radius 2 is 1.52 bits per heavy atom. The number of hydrogen-bond acceptors (Lipinski definition) is 0. The molecular weight excluding hydrogens is 316 g/mol. The lowest BCUT2D eigenvalue weighted by Gasteiger charge is -2.14. The largest absolute Gasteiger partial charge is 0.137 e. The van der Waals surface area contributed by atoms with E-state index in [2.05, 4.69) is 97.4 Å². The van der Waals surface area contributed by atoms with Gasteiger partial charge in [0.2, 0.25) is 0 Å². The van der Waals surface area contributed by atoms with E-state index in [1.807, 2.05) is 0 Å². The summed E-state index contributed by atoms with van der Waals surface area (Å²) in [6.07, 6.45) is 1.01. The van der Waals surface area contributed by atoms with Gasteiger partial charge in [-0.3, -0.25) is 0 Å². The van der Waals surface area contributed by atoms with Gasteiger partial charge in [0, 0.05) is 5.56 Å². The van der Waals surface area contributed by atoms with Crippen LogP contribution in [0.3, 0.4) is 0 Å². The van der Waals surface area contributed by atoms with Gasteiger partial charge in [-0.2, -0.15) is 0 Å². The van der Waals surface area contributed by atoms with Crippen LogP contribution in [0.5, 0.6) is 0 Å². The van der Waals surface area contributed by atoms with Gasteiger partial charge < -0.3 is 0 Å². The second kappa shape index (κ2) is 6.39. The maximum absolute atomic E-state index is 3.67. The maximum Gasteiger partial charge on any atom is 0.137 e. The second-order valence-electron chi connectivity index (χ2n) is 7.46. The van der Waals surface area contributed by atoms with Crippen LogP contribution in [0, 0.1) is 11.5 Å². The number of rotatable bonds is 2. The third-order valence-electron chi connectivity index (χ3n) is 4.88. The molecule has 0 unspecified atom stereocenters. The highest BCUT2D eigenvalue weighted by atomic mass is 28.3. The number of benzene rings is 3. The molecule has 0 aliphatic heterocycles. The summed E-state index contributed by atoms with van der Waals surface area (Å²) < 4.78 is 0. The van der Waals surface area contributed by atoms with Crippen molar-refractivity contribution >= 4 is 8.07 Å². The number of hydrogen-bond donors (Lipinski definition) is 0. The van der Waals surface area contributed by atoms with E-state index in [9.17, 15) is 0 Å². The van der Waals surface area contributed by atoms with Crippen LogP contribution in [0.25, 0.3) is 11.1 Å². The highest BCUT2D eigenvalue weighted by Gasteiger charge is 2.21. The van der Waals surface area contributed by atoms with E-state index in [4.69, 9.17) is 0 Å². The molecule has 1 aliphatic carbocycles. The fraction of sp³-hybridized carbons (Fsp3) is 0.167. The molecular formula is C24H22Si. The Kier molecular flexibility index (Phi) is 4.07. The van der Waals surface area contributed by atoms with Gasteiger partial charge in [-0.15, -0.1) is 5.54 Å². The van der Waals surface area contributed by atoms with Crippen LogP contribution in [0.1, 0.15) is 22.3 Å². The van der Waals surface area contributed by atoms with Crippen molar-refractivity contribution in [2.45, 2.75) is 25.6 Å². The quantitative estimate of drug-likeness (QED) is 0.328. The van der Waals surface area contributed by atoms with Gasteiger partial charge in [0.25, 0.3) is 0 Å². The summed E-state index contributed by atoms with van der Waals surface area (Å²) in [4.78, 5) is 0.